The van der Waals surface area contributed by atoms with Crippen molar-refractivity contribution in [1.82, 2.24) is 14.5 Å². The molecule has 1 amide bonds. The molecule has 6 nitrogen and oxygen atoms in total. The molecule has 0 bridgehead atoms. The molecular weight excluding hydrogens is 370 g/mol. The Morgan fingerprint density at radius 1 is 1.19 bits per heavy atom. The zero-order valence-corrected chi connectivity index (χ0v) is 17.1. The number of thiophene rings is 1. The maximum atomic E-state index is 12.7. The van der Waals surface area contributed by atoms with Crippen LogP contribution in [0.5, 0.6) is 0 Å². The number of rotatable bonds is 6. The first-order valence-electron chi connectivity index (χ1n) is 9.52. The highest BCUT2D eigenvalue weighted by molar-refractivity contribution is 7.91. The van der Waals surface area contributed by atoms with E-state index in [0.29, 0.717) is 29.6 Å². The van der Waals surface area contributed by atoms with Gasteiger partial charge in [-0.05, 0) is 57.3 Å². The minimum absolute atomic E-state index is 0.106. The molecule has 0 aliphatic carbocycles. The van der Waals surface area contributed by atoms with Gasteiger partial charge in [0.1, 0.15) is 4.21 Å². The number of sulfonamides is 1. The van der Waals surface area contributed by atoms with Crippen LogP contribution in [0.3, 0.4) is 0 Å². The minimum Gasteiger partial charge on any atom is -0.342 e. The quantitative estimate of drug-likeness (QED) is 0.793. The average Bonchev–Trinajstić information content (AvgIpc) is 3.12. The second-order valence-corrected chi connectivity index (χ2v) is 10.6. The Kier molecular flexibility index (Phi) is 6.71. The van der Waals surface area contributed by atoms with Crippen LogP contribution in [0, 0.1) is 5.92 Å². The zero-order chi connectivity index (χ0) is 18.6. The van der Waals surface area contributed by atoms with E-state index >= 15 is 0 Å². The van der Waals surface area contributed by atoms with Crippen LogP contribution in [-0.4, -0.2) is 63.3 Å². The second-order valence-electron chi connectivity index (χ2n) is 7.27. The summed E-state index contributed by atoms with van der Waals surface area (Å²) in [7, 11) is -1.46. The summed E-state index contributed by atoms with van der Waals surface area (Å²) >= 11 is 1.25. The Morgan fingerprint density at radius 2 is 1.96 bits per heavy atom. The topological polar surface area (TPSA) is 69.7 Å². The van der Waals surface area contributed by atoms with Crippen LogP contribution in [0.2, 0.25) is 0 Å². The molecule has 2 aliphatic heterocycles. The summed E-state index contributed by atoms with van der Waals surface area (Å²) in [6.45, 7) is 3.75. The van der Waals surface area contributed by atoms with Crippen molar-refractivity contribution >= 4 is 27.3 Å². The molecule has 1 N–H and O–H groups in total. The number of hydrogen-bond acceptors (Lipinski definition) is 5. The van der Waals surface area contributed by atoms with Crippen molar-refractivity contribution in [2.24, 2.45) is 5.92 Å². The van der Waals surface area contributed by atoms with E-state index in [2.05, 4.69) is 5.32 Å². The van der Waals surface area contributed by atoms with Crippen LogP contribution in [-0.2, 0) is 21.2 Å². The molecule has 2 fully saturated rings. The number of carbonyl (C=O) groups excluding carboxylic acids is 1. The monoisotopic (exact) mass is 399 g/mol. The largest absolute Gasteiger partial charge is 0.342 e. The van der Waals surface area contributed by atoms with E-state index in [0.717, 1.165) is 56.6 Å². The van der Waals surface area contributed by atoms with Gasteiger partial charge in [-0.3, -0.25) is 4.79 Å². The first kappa shape index (κ1) is 19.8. The SMILES string of the molecule is CNCC1CCCN(C(=O)Cc2ccc(S(=O)(=O)N3CCCCC3)s2)C1. The minimum atomic E-state index is -3.40. The Balaban J connectivity index is 1.62. The fourth-order valence-corrected chi connectivity index (χ4v) is 6.85. The fourth-order valence-electron chi connectivity index (χ4n) is 3.83. The molecule has 3 rings (SSSR count). The highest BCUT2D eigenvalue weighted by Gasteiger charge is 2.28. The lowest BCUT2D eigenvalue weighted by Gasteiger charge is -2.32. The van der Waals surface area contributed by atoms with Gasteiger partial charge < -0.3 is 10.2 Å². The molecule has 3 heterocycles. The molecule has 1 aromatic heterocycles. The molecule has 2 saturated heterocycles. The van der Waals surface area contributed by atoms with Crippen molar-refractivity contribution in [3.05, 3.63) is 17.0 Å². The average molecular weight is 400 g/mol. The van der Waals surface area contributed by atoms with Gasteiger partial charge in [0.05, 0.1) is 6.42 Å². The number of nitrogens with zero attached hydrogens (tertiary/aromatic N) is 2. The van der Waals surface area contributed by atoms with E-state index in [-0.39, 0.29) is 5.91 Å². The van der Waals surface area contributed by atoms with Crippen LogP contribution >= 0.6 is 11.3 Å². The molecule has 1 aromatic rings. The number of nitrogens with one attached hydrogen (secondary N) is 1. The summed E-state index contributed by atoms with van der Waals surface area (Å²) in [4.78, 5) is 15.4. The third kappa shape index (κ3) is 4.65. The number of piperidine rings is 2. The van der Waals surface area contributed by atoms with E-state index in [1.165, 1.54) is 11.3 Å². The lowest BCUT2D eigenvalue weighted by molar-refractivity contribution is -0.132. The van der Waals surface area contributed by atoms with Gasteiger partial charge in [0.2, 0.25) is 5.91 Å². The molecular formula is C18H29N3O3S2. The fraction of sp³-hybridized carbons (Fsp3) is 0.722. The highest BCUT2D eigenvalue weighted by atomic mass is 32.2. The Morgan fingerprint density at radius 3 is 2.69 bits per heavy atom. The van der Waals surface area contributed by atoms with E-state index in [1.807, 2.05) is 11.9 Å². The normalized spacial score (nSPS) is 22.5. The predicted octanol–water partition coefficient (Wildman–Crippen LogP) is 1.92. The first-order valence-corrected chi connectivity index (χ1v) is 11.8. The number of likely N-dealkylation sites (tertiary alicyclic amines) is 1. The summed E-state index contributed by atoms with van der Waals surface area (Å²) in [5.41, 5.74) is 0. The van der Waals surface area contributed by atoms with Gasteiger partial charge in [0.25, 0.3) is 10.0 Å². The van der Waals surface area contributed by atoms with Crippen molar-refractivity contribution in [2.75, 3.05) is 39.8 Å². The van der Waals surface area contributed by atoms with Gasteiger partial charge in [-0.1, -0.05) is 6.42 Å². The zero-order valence-electron chi connectivity index (χ0n) is 15.4. The van der Waals surface area contributed by atoms with Crippen molar-refractivity contribution in [1.29, 1.82) is 0 Å². The van der Waals surface area contributed by atoms with E-state index in [4.69, 9.17) is 0 Å². The molecule has 1 unspecified atom stereocenters. The second kappa shape index (κ2) is 8.82. The van der Waals surface area contributed by atoms with E-state index < -0.39 is 10.0 Å². The smallest absolute Gasteiger partial charge is 0.252 e. The standard InChI is InChI=1S/C18H29N3O3S2/c1-19-13-15-6-5-9-20(14-15)17(22)12-16-7-8-18(25-16)26(23,24)21-10-3-2-4-11-21/h7-8,15,19H,2-6,9-14H2,1H3. The van der Waals surface area contributed by atoms with Gasteiger partial charge in [-0.25, -0.2) is 8.42 Å². The van der Waals surface area contributed by atoms with Crippen LogP contribution in [0.1, 0.15) is 37.0 Å². The molecule has 8 heteroatoms. The Bertz CT molecular complexity index is 709. The third-order valence-corrected chi connectivity index (χ3v) is 8.69. The van der Waals surface area contributed by atoms with Crippen molar-refractivity contribution in [2.45, 2.75) is 42.7 Å². The molecule has 0 spiro atoms. The summed E-state index contributed by atoms with van der Waals surface area (Å²) in [5.74, 6) is 0.616. The molecule has 0 radical (unpaired) electrons. The highest BCUT2D eigenvalue weighted by Crippen LogP contribution is 2.28. The summed E-state index contributed by atoms with van der Waals surface area (Å²) in [6, 6.07) is 3.46. The van der Waals surface area contributed by atoms with Gasteiger partial charge >= 0.3 is 0 Å². The lowest BCUT2D eigenvalue weighted by Crippen LogP contribution is -2.43. The third-order valence-electron chi connectivity index (χ3n) is 5.24. The first-order chi connectivity index (χ1) is 12.5. The molecule has 1 atom stereocenters. The molecule has 0 saturated carbocycles. The van der Waals surface area contributed by atoms with Crippen LogP contribution in [0.15, 0.2) is 16.3 Å². The van der Waals surface area contributed by atoms with Gasteiger partial charge in [-0.15, -0.1) is 11.3 Å². The lowest BCUT2D eigenvalue weighted by atomic mass is 9.98. The van der Waals surface area contributed by atoms with Gasteiger partial charge in [-0.2, -0.15) is 4.31 Å². The van der Waals surface area contributed by atoms with Crippen molar-refractivity contribution < 1.29 is 13.2 Å². The maximum Gasteiger partial charge on any atom is 0.252 e. The van der Waals surface area contributed by atoms with Crippen LogP contribution < -0.4 is 5.32 Å². The van der Waals surface area contributed by atoms with Crippen molar-refractivity contribution in [3.8, 4) is 0 Å². The number of amides is 1. The van der Waals surface area contributed by atoms with Gasteiger partial charge in [0.15, 0.2) is 0 Å². The number of hydrogen-bond donors (Lipinski definition) is 1. The summed E-state index contributed by atoms with van der Waals surface area (Å²) < 4.78 is 27.4. The predicted molar refractivity (Wildman–Crippen MR) is 104 cm³/mol. The molecule has 2 aliphatic rings. The summed E-state index contributed by atoms with van der Waals surface area (Å²) in [6.07, 6.45) is 5.45. The molecule has 26 heavy (non-hydrogen) atoms. The van der Waals surface area contributed by atoms with Crippen LogP contribution in [0.4, 0.5) is 0 Å². The Labute approximate surface area is 160 Å². The molecule has 0 aromatic carbocycles. The Hall–Kier alpha value is -0.960. The summed E-state index contributed by atoms with van der Waals surface area (Å²) in [5, 5.41) is 3.19. The maximum absolute atomic E-state index is 12.7. The van der Waals surface area contributed by atoms with Crippen molar-refractivity contribution in [3.63, 3.8) is 0 Å². The number of carbonyl (C=O) groups is 1. The van der Waals surface area contributed by atoms with E-state index in [1.54, 1.807) is 16.4 Å². The van der Waals surface area contributed by atoms with E-state index in [9.17, 15) is 13.2 Å². The molecule has 146 valence electrons. The van der Waals surface area contributed by atoms with Crippen LogP contribution in [0.25, 0.3) is 0 Å². The van der Waals surface area contributed by atoms with Gasteiger partial charge in [0, 0.05) is 31.1 Å².